The van der Waals surface area contributed by atoms with Gasteiger partial charge in [0.15, 0.2) is 8.32 Å². The molecule has 0 saturated heterocycles. The summed E-state index contributed by atoms with van der Waals surface area (Å²) in [5.41, 5.74) is 0. The normalized spacial score (nSPS) is 9.21. The molecule has 6 heteroatoms. The highest BCUT2D eigenvalue weighted by molar-refractivity contribution is 6.85. The van der Waals surface area contributed by atoms with Crippen LogP contribution in [0.25, 0.3) is 0 Å². The standard InChI is InChI=1S/C8H24O3Si3.3C3H8.5CH4/c1-9-13(5,6)11-14(7,8)10-12(2,3)4;3*1-3-2;;;;;/h1-8H3;3*3H2,1-2H3;5*1H4. The molecule has 0 atom stereocenters. The van der Waals surface area contributed by atoms with Gasteiger partial charge in [0, 0.05) is 7.11 Å². The summed E-state index contributed by atoms with van der Waals surface area (Å²) in [6.45, 7) is 27.6. The fraction of sp³-hybridized carbons (Fsp3) is 1.00. The van der Waals surface area contributed by atoms with Crippen molar-refractivity contribution in [2.24, 2.45) is 0 Å². The number of hydrogen-bond acceptors (Lipinski definition) is 3. The fourth-order valence-corrected chi connectivity index (χ4v) is 12.9. The molecule has 0 amide bonds. The minimum Gasteiger partial charge on any atom is -0.437 e. The van der Waals surface area contributed by atoms with Gasteiger partial charge in [0.05, 0.1) is 0 Å². The molecule has 3 nitrogen and oxygen atoms in total. The average Bonchev–Trinajstić information content (AvgIpc) is 2.27. The predicted octanol–water partition coefficient (Wildman–Crippen LogP) is 10.3. The SMILES string of the molecule is C.C.C.C.C.CCC.CCC.CCC.CO[Si](C)(C)O[Si](C)(C)O[Si](C)(C)C. The maximum absolute atomic E-state index is 6.07. The summed E-state index contributed by atoms with van der Waals surface area (Å²) in [5.74, 6) is 0. The van der Waals surface area contributed by atoms with Gasteiger partial charge >= 0.3 is 17.1 Å². The Morgan fingerprint density at radius 1 is 0.464 bits per heavy atom. The molecule has 0 radical (unpaired) electrons. The van der Waals surface area contributed by atoms with Crippen LogP contribution in [-0.4, -0.2) is 32.5 Å². The summed E-state index contributed by atoms with van der Waals surface area (Å²) >= 11 is 0. The van der Waals surface area contributed by atoms with Gasteiger partial charge in [0.1, 0.15) is 0 Å². The quantitative estimate of drug-likeness (QED) is 0.378. The molecule has 186 valence electrons. The summed E-state index contributed by atoms with van der Waals surface area (Å²) in [6, 6.07) is 0. The van der Waals surface area contributed by atoms with Crippen LogP contribution < -0.4 is 0 Å². The van der Waals surface area contributed by atoms with Crippen molar-refractivity contribution in [2.45, 2.75) is 144 Å². The molecule has 0 N–H and O–H groups in total. The molecule has 0 aliphatic heterocycles. The van der Waals surface area contributed by atoms with E-state index >= 15 is 0 Å². The molecule has 0 bridgehead atoms. The van der Waals surface area contributed by atoms with Gasteiger partial charge < -0.3 is 12.7 Å². The molecule has 0 heterocycles. The zero-order valence-corrected chi connectivity index (χ0v) is 21.8. The van der Waals surface area contributed by atoms with Crippen molar-refractivity contribution < 1.29 is 12.7 Å². The molecule has 0 rings (SSSR count). The minimum atomic E-state index is -2.00. The van der Waals surface area contributed by atoms with E-state index in [1.807, 2.05) is 0 Å². The lowest BCUT2D eigenvalue weighted by Gasteiger charge is -2.36. The van der Waals surface area contributed by atoms with Crippen molar-refractivity contribution in [2.75, 3.05) is 7.11 Å². The zero-order chi connectivity index (χ0) is 19.7. The molecule has 28 heavy (non-hydrogen) atoms. The van der Waals surface area contributed by atoms with E-state index in [1.165, 1.54) is 19.3 Å². The van der Waals surface area contributed by atoms with Crippen LogP contribution in [0.2, 0.25) is 45.8 Å². The molecule has 0 fully saturated rings. The second kappa shape index (κ2) is 32.2. The van der Waals surface area contributed by atoms with E-state index in [4.69, 9.17) is 12.7 Å². The highest BCUT2D eigenvalue weighted by atomic mass is 28.5. The molecular formula is C22H68O3Si3. The second-order valence-corrected chi connectivity index (χ2v) is 19.3. The van der Waals surface area contributed by atoms with Gasteiger partial charge in [0.2, 0.25) is 0 Å². The van der Waals surface area contributed by atoms with Gasteiger partial charge in [-0.05, 0) is 45.8 Å². The Morgan fingerprint density at radius 3 is 0.821 bits per heavy atom. The lowest BCUT2D eigenvalue weighted by atomic mass is 10.6. The van der Waals surface area contributed by atoms with Crippen LogP contribution in [0.5, 0.6) is 0 Å². The maximum Gasteiger partial charge on any atom is 0.322 e. The van der Waals surface area contributed by atoms with E-state index in [2.05, 4.69) is 87.4 Å². The first-order chi connectivity index (χ1) is 10.2. The fourth-order valence-electron chi connectivity index (χ4n) is 1.39. The molecule has 0 aromatic carbocycles. The Bertz CT molecular complexity index is 225. The smallest absolute Gasteiger partial charge is 0.322 e. The van der Waals surface area contributed by atoms with Crippen molar-refractivity contribution in [1.29, 1.82) is 0 Å². The molecule has 0 saturated carbocycles. The first-order valence-electron chi connectivity index (χ1n) is 9.17. The van der Waals surface area contributed by atoms with E-state index in [9.17, 15) is 0 Å². The van der Waals surface area contributed by atoms with Crippen LogP contribution in [0, 0.1) is 0 Å². The Hall–Kier alpha value is 0.531. The highest BCUT2D eigenvalue weighted by Gasteiger charge is 2.38. The van der Waals surface area contributed by atoms with E-state index in [-0.39, 0.29) is 37.1 Å². The Kier molecular flexibility index (Phi) is 65.2. The summed E-state index contributed by atoms with van der Waals surface area (Å²) in [4.78, 5) is 0. The van der Waals surface area contributed by atoms with Crippen LogP contribution in [0.3, 0.4) is 0 Å². The molecule has 0 spiro atoms. The molecule has 0 unspecified atom stereocenters. The van der Waals surface area contributed by atoms with Crippen molar-refractivity contribution in [3.63, 3.8) is 0 Å². The van der Waals surface area contributed by atoms with Crippen LogP contribution >= 0.6 is 0 Å². The van der Waals surface area contributed by atoms with Crippen LogP contribution in [0.1, 0.15) is 97.9 Å². The largest absolute Gasteiger partial charge is 0.437 e. The van der Waals surface area contributed by atoms with Crippen molar-refractivity contribution >= 4 is 25.4 Å². The minimum absolute atomic E-state index is 0. The van der Waals surface area contributed by atoms with Gasteiger partial charge in [-0.15, -0.1) is 0 Å². The molecular weight excluding hydrogens is 396 g/mol. The predicted molar refractivity (Wildman–Crippen MR) is 149 cm³/mol. The van der Waals surface area contributed by atoms with E-state index < -0.39 is 25.4 Å². The molecule has 0 aromatic rings. The third-order valence-corrected chi connectivity index (χ3v) is 10.9. The average molecular weight is 465 g/mol. The monoisotopic (exact) mass is 464 g/mol. The zero-order valence-electron chi connectivity index (χ0n) is 18.8. The van der Waals surface area contributed by atoms with Gasteiger partial charge in [0.25, 0.3) is 0 Å². The molecule has 0 aliphatic rings. The lowest BCUT2D eigenvalue weighted by molar-refractivity contribution is 0.280. The van der Waals surface area contributed by atoms with Gasteiger partial charge in [-0.25, -0.2) is 0 Å². The second-order valence-electron chi connectivity index (χ2n) is 7.44. The third-order valence-electron chi connectivity index (χ3n) is 1.54. The van der Waals surface area contributed by atoms with Crippen molar-refractivity contribution in [3.8, 4) is 0 Å². The Labute approximate surface area is 189 Å². The van der Waals surface area contributed by atoms with E-state index in [0.29, 0.717) is 0 Å². The molecule has 0 aromatic heterocycles. The third kappa shape index (κ3) is 71.7. The number of hydrogen-bond donors (Lipinski definition) is 0. The lowest BCUT2D eigenvalue weighted by Crippen LogP contribution is -2.52. The maximum atomic E-state index is 6.07. The summed E-state index contributed by atoms with van der Waals surface area (Å²) in [6.07, 6.45) is 3.75. The van der Waals surface area contributed by atoms with E-state index in [1.54, 1.807) is 7.11 Å². The van der Waals surface area contributed by atoms with E-state index in [0.717, 1.165) is 0 Å². The first kappa shape index (κ1) is 56.7. The van der Waals surface area contributed by atoms with Crippen molar-refractivity contribution in [1.82, 2.24) is 0 Å². The van der Waals surface area contributed by atoms with Crippen LogP contribution in [0.15, 0.2) is 0 Å². The van der Waals surface area contributed by atoms with Crippen molar-refractivity contribution in [3.05, 3.63) is 0 Å². The van der Waals surface area contributed by atoms with Gasteiger partial charge in [-0.1, -0.05) is 97.9 Å². The molecule has 0 aliphatic carbocycles. The van der Waals surface area contributed by atoms with Gasteiger partial charge in [-0.3, -0.25) is 0 Å². The summed E-state index contributed by atoms with van der Waals surface area (Å²) in [5, 5.41) is 0. The van der Waals surface area contributed by atoms with Crippen LogP contribution in [0.4, 0.5) is 0 Å². The Morgan fingerprint density at radius 2 is 0.679 bits per heavy atom. The topological polar surface area (TPSA) is 27.7 Å². The highest BCUT2D eigenvalue weighted by Crippen LogP contribution is 2.20. The van der Waals surface area contributed by atoms with Crippen LogP contribution in [-0.2, 0) is 12.7 Å². The number of rotatable bonds is 5. The summed E-state index contributed by atoms with van der Waals surface area (Å²) in [7, 11) is -3.74. The Balaban J connectivity index is -0.0000000317. The summed E-state index contributed by atoms with van der Waals surface area (Å²) < 4.78 is 17.5. The van der Waals surface area contributed by atoms with Gasteiger partial charge in [-0.2, -0.15) is 0 Å². The first-order valence-corrected chi connectivity index (χ1v) is 18.2.